The van der Waals surface area contributed by atoms with Crippen molar-refractivity contribution in [2.24, 2.45) is 5.73 Å². The van der Waals surface area contributed by atoms with Crippen molar-refractivity contribution in [1.29, 1.82) is 0 Å². The lowest BCUT2D eigenvalue weighted by Crippen LogP contribution is -2.44. The van der Waals surface area contributed by atoms with Crippen LogP contribution in [0.1, 0.15) is 38.2 Å². The summed E-state index contributed by atoms with van der Waals surface area (Å²) in [4.78, 5) is 13.7. The SMILES string of the molecule is CC(=O)N1CCc2cc(S(=O)(=O)N3CCCCC3CCN)ccc21. The first-order chi connectivity index (χ1) is 11.4. The normalized spacial score (nSPS) is 21.8. The Kier molecular flexibility index (Phi) is 4.94. The summed E-state index contributed by atoms with van der Waals surface area (Å²) in [5.41, 5.74) is 7.42. The molecule has 0 radical (unpaired) electrons. The highest BCUT2D eigenvalue weighted by molar-refractivity contribution is 7.89. The molecule has 2 heterocycles. The maximum absolute atomic E-state index is 13.1. The Labute approximate surface area is 143 Å². The molecule has 1 saturated heterocycles. The summed E-state index contributed by atoms with van der Waals surface area (Å²) in [5.74, 6) is -0.0107. The van der Waals surface area contributed by atoms with Gasteiger partial charge in [-0.05, 0) is 56.0 Å². The van der Waals surface area contributed by atoms with Gasteiger partial charge in [0.05, 0.1) is 4.90 Å². The fraction of sp³-hybridized carbons (Fsp3) is 0.588. The number of fused-ring (bicyclic) bond motifs is 1. The number of amides is 1. The fourth-order valence-electron chi connectivity index (χ4n) is 3.77. The molecular formula is C17H25N3O3S. The second kappa shape index (κ2) is 6.82. The Balaban J connectivity index is 1.91. The van der Waals surface area contributed by atoms with E-state index in [1.807, 2.05) is 0 Å². The van der Waals surface area contributed by atoms with E-state index < -0.39 is 10.0 Å². The summed E-state index contributed by atoms with van der Waals surface area (Å²) in [6.07, 6.45) is 4.21. The minimum atomic E-state index is -3.52. The van der Waals surface area contributed by atoms with E-state index in [0.717, 1.165) is 30.5 Å². The number of piperidine rings is 1. The highest BCUT2D eigenvalue weighted by Crippen LogP contribution is 2.33. The quantitative estimate of drug-likeness (QED) is 0.891. The molecule has 1 unspecified atom stereocenters. The van der Waals surface area contributed by atoms with Crippen LogP contribution in [0.2, 0.25) is 0 Å². The van der Waals surface area contributed by atoms with Gasteiger partial charge < -0.3 is 10.6 Å². The first-order valence-corrected chi connectivity index (χ1v) is 10.0. The molecule has 1 aromatic rings. The molecule has 3 rings (SSSR count). The van der Waals surface area contributed by atoms with Crippen LogP contribution in [0.4, 0.5) is 5.69 Å². The van der Waals surface area contributed by atoms with Gasteiger partial charge in [-0.3, -0.25) is 4.79 Å². The number of sulfonamides is 1. The van der Waals surface area contributed by atoms with E-state index in [1.165, 1.54) is 6.92 Å². The molecule has 2 N–H and O–H groups in total. The standard InChI is InChI=1S/C17H25N3O3S/c1-13(21)19-11-8-14-12-16(5-6-17(14)19)24(22,23)20-10-3-2-4-15(20)7-9-18/h5-6,12,15H,2-4,7-11,18H2,1H3. The molecule has 132 valence electrons. The second-order valence-corrected chi connectivity index (χ2v) is 8.44. The second-order valence-electron chi connectivity index (χ2n) is 6.55. The van der Waals surface area contributed by atoms with Crippen LogP contribution in [0.5, 0.6) is 0 Å². The van der Waals surface area contributed by atoms with Crippen molar-refractivity contribution in [3.05, 3.63) is 23.8 Å². The summed E-state index contributed by atoms with van der Waals surface area (Å²) in [6, 6.07) is 5.12. The van der Waals surface area contributed by atoms with E-state index in [0.29, 0.717) is 37.4 Å². The van der Waals surface area contributed by atoms with E-state index in [-0.39, 0.29) is 11.9 Å². The van der Waals surface area contributed by atoms with Crippen LogP contribution >= 0.6 is 0 Å². The van der Waals surface area contributed by atoms with Gasteiger partial charge in [0.15, 0.2) is 0 Å². The zero-order valence-electron chi connectivity index (χ0n) is 14.1. The van der Waals surface area contributed by atoms with Crippen molar-refractivity contribution < 1.29 is 13.2 Å². The molecule has 6 nitrogen and oxygen atoms in total. The average Bonchev–Trinajstić information content (AvgIpc) is 2.99. The van der Waals surface area contributed by atoms with E-state index in [1.54, 1.807) is 27.4 Å². The molecule has 0 spiro atoms. The maximum Gasteiger partial charge on any atom is 0.243 e. The molecule has 1 fully saturated rings. The Morgan fingerprint density at radius 1 is 1.29 bits per heavy atom. The van der Waals surface area contributed by atoms with Crippen molar-refractivity contribution >= 4 is 21.6 Å². The Morgan fingerprint density at radius 2 is 2.08 bits per heavy atom. The molecule has 0 aliphatic carbocycles. The molecule has 7 heteroatoms. The number of nitrogens with zero attached hydrogens (tertiary/aromatic N) is 2. The first-order valence-electron chi connectivity index (χ1n) is 8.58. The van der Waals surface area contributed by atoms with Crippen molar-refractivity contribution in [2.75, 3.05) is 24.5 Å². The van der Waals surface area contributed by atoms with E-state index in [9.17, 15) is 13.2 Å². The van der Waals surface area contributed by atoms with Gasteiger partial charge in [0.1, 0.15) is 0 Å². The third kappa shape index (κ3) is 3.08. The van der Waals surface area contributed by atoms with E-state index in [2.05, 4.69) is 0 Å². The van der Waals surface area contributed by atoms with Crippen molar-refractivity contribution in [3.63, 3.8) is 0 Å². The van der Waals surface area contributed by atoms with Crippen LogP contribution in [0.15, 0.2) is 23.1 Å². The van der Waals surface area contributed by atoms with Gasteiger partial charge in [-0.2, -0.15) is 4.31 Å². The molecule has 24 heavy (non-hydrogen) atoms. The summed E-state index contributed by atoms with van der Waals surface area (Å²) in [5, 5.41) is 0. The number of hydrogen-bond acceptors (Lipinski definition) is 4. The monoisotopic (exact) mass is 351 g/mol. The van der Waals surface area contributed by atoms with E-state index in [4.69, 9.17) is 5.73 Å². The molecule has 0 saturated carbocycles. The fourth-order valence-corrected chi connectivity index (χ4v) is 5.55. The molecule has 0 bridgehead atoms. The predicted molar refractivity (Wildman–Crippen MR) is 93.4 cm³/mol. The summed E-state index contributed by atoms with van der Waals surface area (Å²) in [6.45, 7) is 3.21. The van der Waals surface area contributed by atoms with Crippen LogP contribution < -0.4 is 10.6 Å². The number of benzene rings is 1. The van der Waals surface area contributed by atoms with Gasteiger partial charge in [0, 0.05) is 31.7 Å². The molecule has 2 aliphatic heterocycles. The average molecular weight is 351 g/mol. The molecule has 2 aliphatic rings. The van der Waals surface area contributed by atoms with Crippen molar-refractivity contribution in [2.45, 2.75) is 50.0 Å². The lowest BCUT2D eigenvalue weighted by molar-refractivity contribution is -0.116. The Bertz CT molecular complexity index is 731. The topological polar surface area (TPSA) is 83.7 Å². The molecule has 1 amide bonds. The predicted octanol–water partition coefficient (Wildman–Crippen LogP) is 1.49. The van der Waals surface area contributed by atoms with Gasteiger partial charge in [0.25, 0.3) is 0 Å². The molecule has 0 aromatic heterocycles. The van der Waals surface area contributed by atoms with Gasteiger partial charge in [-0.15, -0.1) is 0 Å². The van der Waals surface area contributed by atoms with Crippen LogP contribution in [0, 0.1) is 0 Å². The number of rotatable bonds is 4. The first kappa shape index (κ1) is 17.4. The maximum atomic E-state index is 13.1. The van der Waals surface area contributed by atoms with Crippen LogP contribution in [-0.4, -0.2) is 44.3 Å². The zero-order chi connectivity index (χ0) is 17.3. The van der Waals surface area contributed by atoms with Crippen molar-refractivity contribution in [1.82, 2.24) is 4.31 Å². The highest BCUT2D eigenvalue weighted by Gasteiger charge is 2.34. The van der Waals surface area contributed by atoms with E-state index >= 15 is 0 Å². The number of nitrogens with two attached hydrogens (primary N) is 1. The van der Waals surface area contributed by atoms with Gasteiger partial charge in [-0.1, -0.05) is 6.42 Å². The molecular weight excluding hydrogens is 326 g/mol. The number of carbonyl (C=O) groups is 1. The smallest absolute Gasteiger partial charge is 0.243 e. The number of hydrogen-bond donors (Lipinski definition) is 1. The lowest BCUT2D eigenvalue weighted by atomic mass is 10.0. The summed E-state index contributed by atoms with van der Waals surface area (Å²) in [7, 11) is -3.52. The Hall–Kier alpha value is -1.44. The lowest BCUT2D eigenvalue weighted by Gasteiger charge is -2.34. The minimum absolute atomic E-state index is 0.00396. The Morgan fingerprint density at radius 3 is 2.79 bits per heavy atom. The van der Waals surface area contributed by atoms with Crippen molar-refractivity contribution in [3.8, 4) is 0 Å². The number of carbonyl (C=O) groups excluding carboxylic acids is 1. The third-order valence-electron chi connectivity index (χ3n) is 5.01. The minimum Gasteiger partial charge on any atom is -0.330 e. The van der Waals surface area contributed by atoms with Gasteiger partial charge in [-0.25, -0.2) is 8.42 Å². The summed E-state index contributed by atoms with van der Waals surface area (Å²) < 4.78 is 27.8. The van der Waals surface area contributed by atoms with Gasteiger partial charge >= 0.3 is 0 Å². The molecule has 1 atom stereocenters. The summed E-state index contributed by atoms with van der Waals surface area (Å²) >= 11 is 0. The van der Waals surface area contributed by atoms with Crippen LogP contribution in [0.25, 0.3) is 0 Å². The van der Waals surface area contributed by atoms with Crippen LogP contribution in [0.3, 0.4) is 0 Å². The number of anilines is 1. The largest absolute Gasteiger partial charge is 0.330 e. The highest BCUT2D eigenvalue weighted by atomic mass is 32.2. The third-order valence-corrected chi connectivity index (χ3v) is 6.95. The molecule has 1 aromatic carbocycles. The van der Waals surface area contributed by atoms with Crippen LogP contribution in [-0.2, 0) is 21.2 Å². The van der Waals surface area contributed by atoms with Gasteiger partial charge in [0.2, 0.25) is 15.9 Å². The zero-order valence-corrected chi connectivity index (χ0v) is 14.9.